The summed E-state index contributed by atoms with van der Waals surface area (Å²) in [5.74, 6) is -1.86. The summed E-state index contributed by atoms with van der Waals surface area (Å²) < 4.78 is 52.3. The second-order valence-electron chi connectivity index (χ2n) is 4.18. The molecule has 2 rings (SSSR count). The number of hydrogen-bond acceptors (Lipinski definition) is 2. The summed E-state index contributed by atoms with van der Waals surface area (Å²) in [4.78, 5) is 15.6. The Balaban J connectivity index is 2.58. The molecule has 1 aromatic carbocycles. The highest BCUT2D eigenvalue weighted by atomic mass is 19.4. The SMILES string of the molecule is Cc1cccc(C(=O)c2cnccc2C(F)(F)F)c1F. The van der Waals surface area contributed by atoms with Crippen LogP contribution in [0.2, 0.25) is 0 Å². The van der Waals surface area contributed by atoms with Gasteiger partial charge in [0.25, 0.3) is 0 Å². The minimum absolute atomic E-state index is 0.188. The Morgan fingerprint density at radius 3 is 2.50 bits per heavy atom. The maximum atomic E-state index is 13.8. The van der Waals surface area contributed by atoms with Crippen molar-refractivity contribution in [2.45, 2.75) is 13.1 Å². The van der Waals surface area contributed by atoms with Crippen LogP contribution in [-0.2, 0) is 6.18 Å². The van der Waals surface area contributed by atoms with Gasteiger partial charge in [-0.3, -0.25) is 9.78 Å². The Kier molecular flexibility index (Phi) is 3.57. The van der Waals surface area contributed by atoms with Crippen LogP contribution in [0.4, 0.5) is 17.6 Å². The molecule has 0 atom stereocenters. The van der Waals surface area contributed by atoms with Crippen LogP contribution in [0.1, 0.15) is 27.0 Å². The predicted octanol–water partition coefficient (Wildman–Crippen LogP) is 3.78. The molecule has 0 unspecified atom stereocenters. The molecule has 0 saturated carbocycles. The highest BCUT2D eigenvalue weighted by molar-refractivity contribution is 6.10. The van der Waals surface area contributed by atoms with Gasteiger partial charge in [-0.1, -0.05) is 12.1 Å². The van der Waals surface area contributed by atoms with E-state index in [2.05, 4.69) is 4.98 Å². The maximum absolute atomic E-state index is 13.8. The Hall–Kier alpha value is -2.24. The first kappa shape index (κ1) is 14.2. The lowest BCUT2D eigenvalue weighted by atomic mass is 9.98. The molecule has 1 aromatic heterocycles. The number of benzene rings is 1. The summed E-state index contributed by atoms with van der Waals surface area (Å²) in [6.07, 6.45) is -2.96. The predicted molar refractivity (Wildman–Crippen MR) is 63.8 cm³/mol. The number of rotatable bonds is 2. The molecule has 104 valence electrons. The molecule has 0 N–H and O–H groups in total. The molecule has 0 bridgehead atoms. The fraction of sp³-hybridized carbons (Fsp3) is 0.143. The zero-order valence-corrected chi connectivity index (χ0v) is 10.3. The summed E-state index contributed by atoms with van der Waals surface area (Å²) in [6.45, 7) is 1.43. The van der Waals surface area contributed by atoms with E-state index in [0.29, 0.717) is 6.07 Å². The van der Waals surface area contributed by atoms with E-state index in [1.165, 1.54) is 19.1 Å². The third-order valence-electron chi connectivity index (χ3n) is 2.81. The zero-order valence-electron chi connectivity index (χ0n) is 10.3. The molecular weight excluding hydrogens is 274 g/mol. The Labute approximate surface area is 112 Å². The number of aryl methyl sites for hydroxylation is 1. The molecule has 1 heterocycles. The van der Waals surface area contributed by atoms with Crippen LogP contribution in [0, 0.1) is 12.7 Å². The van der Waals surface area contributed by atoms with Crippen LogP contribution in [0.25, 0.3) is 0 Å². The third kappa shape index (κ3) is 2.54. The molecular formula is C14H9F4NO. The second kappa shape index (κ2) is 5.03. The molecule has 6 heteroatoms. The number of pyridine rings is 1. The Bertz CT molecular complexity index is 664. The van der Waals surface area contributed by atoms with Crippen molar-refractivity contribution in [3.05, 3.63) is 64.7 Å². The van der Waals surface area contributed by atoms with Gasteiger partial charge in [0.1, 0.15) is 5.82 Å². The van der Waals surface area contributed by atoms with E-state index >= 15 is 0 Å². The van der Waals surface area contributed by atoms with Crippen LogP contribution >= 0.6 is 0 Å². The average Bonchev–Trinajstić information content (AvgIpc) is 2.40. The molecule has 0 amide bonds. The topological polar surface area (TPSA) is 30.0 Å². The number of aromatic nitrogens is 1. The van der Waals surface area contributed by atoms with Crippen molar-refractivity contribution in [1.29, 1.82) is 0 Å². The van der Waals surface area contributed by atoms with Gasteiger partial charge in [-0.05, 0) is 24.6 Å². The minimum Gasteiger partial charge on any atom is -0.288 e. The van der Waals surface area contributed by atoms with E-state index in [9.17, 15) is 22.4 Å². The van der Waals surface area contributed by atoms with Crippen LogP contribution in [0.3, 0.4) is 0 Å². The third-order valence-corrected chi connectivity index (χ3v) is 2.81. The summed E-state index contributed by atoms with van der Waals surface area (Å²) in [6, 6.07) is 4.69. The van der Waals surface area contributed by atoms with Crippen molar-refractivity contribution in [1.82, 2.24) is 4.98 Å². The normalized spacial score (nSPS) is 11.4. The first-order chi connectivity index (χ1) is 9.32. The van der Waals surface area contributed by atoms with E-state index in [1.807, 2.05) is 0 Å². The van der Waals surface area contributed by atoms with Gasteiger partial charge < -0.3 is 0 Å². The first-order valence-electron chi connectivity index (χ1n) is 5.63. The largest absolute Gasteiger partial charge is 0.417 e. The Morgan fingerprint density at radius 2 is 1.85 bits per heavy atom. The molecule has 2 nitrogen and oxygen atoms in total. The zero-order chi connectivity index (χ0) is 14.9. The first-order valence-corrected chi connectivity index (χ1v) is 5.63. The molecule has 0 aliphatic rings. The van der Waals surface area contributed by atoms with Gasteiger partial charge in [0, 0.05) is 12.4 Å². The number of alkyl halides is 3. The van der Waals surface area contributed by atoms with Crippen LogP contribution in [-0.4, -0.2) is 10.8 Å². The van der Waals surface area contributed by atoms with Gasteiger partial charge in [-0.15, -0.1) is 0 Å². The van der Waals surface area contributed by atoms with Gasteiger partial charge in [-0.25, -0.2) is 4.39 Å². The number of halogens is 4. The number of ketones is 1. The van der Waals surface area contributed by atoms with E-state index in [4.69, 9.17) is 0 Å². The fourth-order valence-electron chi connectivity index (χ4n) is 1.79. The lowest BCUT2D eigenvalue weighted by molar-refractivity contribution is -0.137. The van der Waals surface area contributed by atoms with Crippen molar-refractivity contribution >= 4 is 5.78 Å². The van der Waals surface area contributed by atoms with Crippen LogP contribution < -0.4 is 0 Å². The van der Waals surface area contributed by atoms with Gasteiger partial charge in [-0.2, -0.15) is 13.2 Å². The van der Waals surface area contributed by atoms with E-state index < -0.39 is 34.5 Å². The van der Waals surface area contributed by atoms with E-state index in [0.717, 1.165) is 18.5 Å². The van der Waals surface area contributed by atoms with Gasteiger partial charge in [0.2, 0.25) is 0 Å². The molecule has 2 aromatic rings. The summed E-state index contributed by atoms with van der Waals surface area (Å²) in [5.41, 5.74) is -2.00. The van der Waals surface area contributed by atoms with Crippen molar-refractivity contribution in [3.8, 4) is 0 Å². The van der Waals surface area contributed by atoms with Gasteiger partial charge in [0.15, 0.2) is 5.78 Å². The molecule has 0 spiro atoms. The Morgan fingerprint density at radius 1 is 1.15 bits per heavy atom. The number of carbonyl (C=O) groups is 1. The van der Waals surface area contributed by atoms with Crippen LogP contribution in [0.5, 0.6) is 0 Å². The van der Waals surface area contributed by atoms with Gasteiger partial charge >= 0.3 is 6.18 Å². The molecule has 0 fully saturated rings. The quantitative estimate of drug-likeness (QED) is 0.620. The minimum atomic E-state index is -4.70. The number of hydrogen-bond donors (Lipinski definition) is 0. The summed E-state index contributed by atoms with van der Waals surface area (Å²) >= 11 is 0. The highest BCUT2D eigenvalue weighted by Gasteiger charge is 2.35. The fourth-order valence-corrected chi connectivity index (χ4v) is 1.79. The van der Waals surface area contributed by atoms with Crippen molar-refractivity contribution in [3.63, 3.8) is 0 Å². The summed E-state index contributed by atoms with van der Waals surface area (Å²) in [5, 5.41) is 0. The molecule has 0 radical (unpaired) electrons. The molecule has 0 aliphatic carbocycles. The second-order valence-corrected chi connectivity index (χ2v) is 4.18. The van der Waals surface area contributed by atoms with E-state index in [1.54, 1.807) is 0 Å². The number of carbonyl (C=O) groups excluding carboxylic acids is 1. The smallest absolute Gasteiger partial charge is 0.288 e. The molecule has 0 aliphatic heterocycles. The molecule has 0 saturated heterocycles. The van der Waals surface area contributed by atoms with Crippen molar-refractivity contribution < 1.29 is 22.4 Å². The lowest BCUT2D eigenvalue weighted by Gasteiger charge is -2.12. The lowest BCUT2D eigenvalue weighted by Crippen LogP contribution is -2.15. The van der Waals surface area contributed by atoms with Gasteiger partial charge in [0.05, 0.1) is 16.7 Å². The van der Waals surface area contributed by atoms with Crippen molar-refractivity contribution in [2.24, 2.45) is 0 Å². The van der Waals surface area contributed by atoms with Crippen LogP contribution in [0.15, 0.2) is 36.7 Å². The maximum Gasteiger partial charge on any atom is 0.417 e. The number of nitrogens with zero attached hydrogens (tertiary/aromatic N) is 1. The summed E-state index contributed by atoms with van der Waals surface area (Å²) in [7, 11) is 0. The molecule has 20 heavy (non-hydrogen) atoms. The van der Waals surface area contributed by atoms with Crippen molar-refractivity contribution in [2.75, 3.05) is 0 Å². The van der Waals surface area contributed by atoms with E-state index in [-0.39, 0.29) is 5.56 Å². The average molecular weight is 283 g/mol. The standard InChI is InChI=1S/C14H9F4NO/c1-8-3-2-4-9(12(8)15)13(20)10-7-19-6-5-11(10)14(16,17)18/h2-7H,1H3. The monoisotopic (exact) mass is 283 g/mol. The highest BCUT2D eigenvalue weighted by Crippen LogP contribution is 2.32.